The molecule has 0 atom stereocenters. The van der Waals surface area contributed by atoms with E-state index in [1.807, 2.05) is 6.07 Å². The van der Waals surface area contributed by atoms with Crippen LogP contribution in [-0.4, -0.2) is 12.6 Å². The number of esters is 1. The zero-order valence-electron chi connectivity index (χ0n) is 6.05. The van der Waals surface area contributed by atoms with Gasteiger partial charge in [0.15, 0.2) is 0 Å². The lowest BCUT2D eigenvalue weighted by atomic mass is 10.3. The molecule has 0 bridgehead atoms. The van der Waals surface area contributed by atoms with Crippen molar-refractivity contribution in [2.75, 3.05) is 6.61 Å². The Morgan fingerprint density at radius 2 is 2.40 bits per heavy atom. The summed E-state index contributed by atoms with van der Waals surface area (Å²) in [5, 5.41) is 8.23. The molecule has 0 N–H and O–H groups in total. The Morgan fingerprint density at radius 1 is 1.80 bits per heavy atom. The van der Waals surface area contributed by atoms with Crippen molar-refractivity contribution < 1.29 is 9.53 Å². The van der Waals surface area contributed by atoms with Crippen LogP contribution in [0.1, 0.15) is 13.8 Å². The molecule has 0 aliphatic carbocycles. The SMILES string of the molecule is CCOC(=O)/C=C(/C)C#N. The fourth-order valence-electron chi connectivity index (χ4n) is 0.393. The number of nitriles is 1. The molecule has 0 rings (SSSR count). The Hall–Kier alpha value is -1.30. The molecule has 10 heavy (non-hydrogen) atoms. The van der Waals surface area contributed by atoms with E-state index in [1.54, 1.807) is 13.8 Å². The van der Waals surface area contributed by atoms with Crippen LogP contribution in [0.3, 0.4) is 0 Å². The van der Waals surface area contributed by atoms with Crippen molar-refractivity contribution in [1.82, 2.24) is 0 Å². The largest absolute Gasteiger partial charge is 0.463 e. The lowest BCUT2D eigenvalue weighted by Gasteiger charge is -1.93. The molecular formula is C7H9NO2. The molecule has 0 saturated carbocycles. The van der Waals surface area contributed by atoms with Crippen LogP contribution in [0.4, 0.5) is 0 Å². The van der Waals surface area contributed by atoms with Gasteiger partial charge in [-0.15, -0.1) is 0 Å². The number of hydrogen-bond donors (Lipinski definition) is 0. The molecule has 54 valence electrons. The topological polar surface area (TPSA) is 50.1 Å². The Kier molecular flexibility index (Phi) is 3.97. The molecule has 0 aromatic heterocycles. The average molecular weight is 139 g/mol. The third-order valence-corrected chi connectivity index (χ3v) is 0.797. The third-order valence-electron chi connectivity index (χ3n) is 0.797. The lowest BCUT2D eigenvalue weighted by molar-refractivity contribution is -0.137. The average Bonchev–Trinajstić information content (AvgIpc) is 1.88. The summed E-state index contributed by atoms with van der Waals surface area (Å²) >= 11 is 0. The van der Waals surface area contributed by atoms with Gasteiger partial charge < -0.3 is 4.74 Å². The van der Waals surface area contributed by atoms with E-state index in [0.717, 1.165) is 0 Å². The monoisotopic (exact) mass is 139 g/mol. The predicted molar refractivity (Wildman–Crippen MR) is 36.0 cm³/mol. The van der Waals surface area contributed by atoms with E-state index >= 15 is 0 Å². The van der Waals surface area contributed by atoms with Crippen LogP contribution < -0.4 is 0 Å². The van der Waals surface area contributed by atoms with Gasteiger partial charge in [0.1, 0.15) is 0 Å². The second kappa shape index (κ2) is 4.57. The zero-order chi connectivity index (χ0) is 7.98. The molecular weight excluding hydrogens is 130 g/mol. The molecule has 0 unspecified atom stereocenters. The standard InChI is InChI=1S/C7H9NO2/c1-3-10-7(9)4-6(2)5-8/h4H,3H2,1-2H3/b6-4-. The summed E-state index contributed by atoms with van der Waals surface area (Å²) in [6.07, 6.45) is 1.17. The highest BCUT2D eigenvalue weighted by molar-refractivity contribution is 5.83. The van der Waals surface area contributed by atoms with Gasteiger partial charge in [-0.05, 0) is 13.8 Å². The fourth-order valence-corrected chi connectivity index (χ4v) is 0.393. The first-order valence-electron chi connectivity index (χ1n) is 2.95. The Morgan fingerprint density at radius 3 is 2.80 bits per heavy atom. The maximum absolute atomic E-state index is 10.6. The molecule has 0 aliphatic heterocycles. The van der Waals surface area contributed by atoms with Crippen molar-refractivity contribution in [1.29, 1.82) is 5.26 Å². The van der Waals surface area contributed by atoms with E-state index in [4.69, 9.17) is 5.26 Å². The summed E-state index contributed by atoms with van der Waals surface area (Å²) < 4.78 is 4.55. The minimum absolute atomic E-state index is 0.341. The van der Waals surface area contributed by atoms with Crippen molar-refractivity contribution in [3.63, 3.8) is 0 Å². The first kappa shape index (κ1) is 8.70. The van der Waals surface area contributed by atoms with Gasteiger partial charge in [0, 0.05) is 11.6 Å². The molecule has 0 aromatic rings. The summed E-state index contributed by atoms with van der Waals surface area (Å²) in [6, 6.07) is 1.81. The predicted octanol–water partition coefficient (Wildman–Crippen LogP) is 1.02. The zero-order valence-corrected chi connectivity index (χ0v) is 6.05. The van der Waals surface area contributed by atoms with Crippen molar-refractivity contribution in [2.45, 2.75) is 13.8 Å². The highest BCUT2D eigenvalue weighted by atomic mass is 16.5. The normalized spacial score (nSPS) is 10.3. The van der Waals surface area contributed by atoms with E-state index < -0.39 is 5.97 Å². The number of carbonyl (C=O) groups is 1. The van der Waals surface area contributed by atoms with Gasteiger partial charge in [-0.25, -0.2) is 4.79 Å². The number of ether oxygens (including phenoxy) is 1. The quantitative estimate of drug-likeness (QED) is 0.326. The van der Waals surface area contributed by atoms with Crippen molar-refractivity contribution in [3.05, 3.63) is 11.6 Å². The Bertz CT molecular complexity index is 188. The first-order chi connectivity index (χ1) is 4.70. The van der Waals surface area contributed by atoms with Gasteiger partial charge in [0.2, 0.25) is 0 Å². The fraction of sp³-hybridized carbons (Fsp3) is 0.429. The van der Waals surface area contributed by atoms with E-state index in [0.29, 0.717) is 12.2 Å². The third kappa shape index (κ3) is 3.67. The number of hydrogen-bond acceptors (Lipinski definition) is 3. The molecule has 3 heteroatoms. The summed E-state index contributed by atoms with van der Waals surface area (Å²) in [6.45, 7) is 3.61. The van der Waals surface area contributed by atoms with Crippen LogP contribution in [0.2, 0.25) is 0 Å². The number of nitrogens with zero attached hydrogens (tertiary/aromatic N) is 1. The van der Waals surface area contributed by atoms with Gasteiger partial charge >= 0.3 is 5.97 Å². The maximum Gasteiger partial charge on any atom is 0.331 e. The van der Waals surface area contributed by atoms with Gasteiger partial charge in [-0.1, -0.05) is 0 Å². The summed E-state index contributed by atoms with van der Waals surface area (Å²) in [5.74, 6) is -0.457. The van der Waals surface area contributed by atoms with Gasteiger partial charge in [-0.3, -0.25) is 0 Å². The Balaban J connectivity index is 3.90. The molecule has 0 fully saturated rings. The van der Waals surface area contributed by atoms with Crippen LogP contribution in [0.25, 0.3) is 0 Å². The molecule has 0 aromatic carbocycles. The first-order valence-corrected chi connectivity index (χ1v) is 2.95. The molecule has 0 saturated heterocycles. The van der Waals surface area contributed by atoms with Crippen LogP contribution in [0.5, 0.6) is 0 Å². The maximum atomic E-state index is 10.6. The molecule has 3 nitrogen and oxygen atoms in total. The van der Waals surface area contributed by atoms with E-state index in [9.17, 15) is 4.79 Å². The number of allylic oxidation sites excluding steroid dienone is 1. The second-order valence-electron chi connectivity index (χ2n) is 1.69. The van der Waals surface area contributed by atoms with Crippen molar-refractivity contribution in [3.8, 4) is 6.07 Å². The molecule has 0 radical (unpaired) electrons. The lowest BCUT2D eigenvalue weighted by Crippen LogP contribution is -1.99. The number of carbonyl (C=O) groups excluding carboxylic acids is 1. The van der Waals surface area contributed by atoms with Gasteiger partial charge in [0.05, 0.1) is 12.7 Å². The number of rotatable bonds is 2. The van der Waals surface area contributed by atoms with E-state index in [-0.39, 0.29) is 0 Å². The summed E-state index contributed by atoms with van der Waals surface area (Å²) in [5.41, 5.74) is 0.360. The highest BCUT2D eigenvalue weighted by Crippen LogP contribution is 1.89. The van der Waals surface area contributed by atoms with Gasteiger partial charge in [0.25, 0.3) is 0 Å². The molecule has 0 spiro atoms. The second-order valence-corrected chi connectivity index (χ2v) is 1.69. The van der Waals surface area contributed by atoms with Crippen molar-refractivity contribution >= 4 is 5.97 Å². The minimum Gasteiger partial charge on any atom is -0.463 e. The van der Waals surface area contributed by atoms with Crippen LogP contribution in [0.15, 0.2) is 11.6 Å². The molecule has 0 heterocycles. The van der Waals surface area contributed by atoms with E-state index in [1.165, 1.54) is 6.08 Å². The summed E-state index contributed by atoms with van der Waals surface area (Å²) in [7, 11) is 0. The van der Waals surface area contributed by atoms with Gasteiger partial charge in [-0.2, -0.15) is 5.26 Å². The Labute approximate surface area is 59.9 Å². The summed E-state index contributed by atoms with van der Waals surface area (Å²) in [4.78, 5) is 10.6. The minimum atomic E-state index is -0.457. The molecule has 0 amide bonds. The molecule has 0 aliphatic rings. The van der Waals surface area contributed by atoms with Crippen LogP contribution >= 0.6 is 0 Å². The smallest absolute Gasteiger partial charge is 0.331 e. The van der Waals surface area contributed by atoms with Crippen LogP contribution in [0, 0.1) is 11.3 Å². The van der Waals surface area contributed by atoms with Crippen LogP contribution in [-0.2, 0) is 9.53 Å². The highest BCUT2D eigenvalue weighted by Gasteiger charge is 1.95. The van der Waals surface area contributed by atoms with E-state index in [2.05, 4.69) is 4.74 Å². The van der Waals surface area contributed by atoms with Crippen molar-refractivity contribution in [2.24, 2.45) is 0 Å².